The van der Waals surface area contributed by atoms with E-state index in [1.165, 1.54) is 0 Å². The van der Waals surface area contributed by atoms with Gasteiger partial charge in [0.1, 0.15) is 6.04 Å². The van der Waals surface area contributed by atoms with Gasteiger partial charge in [-0.3, -0.25) is 9.69 Å². The lowest BCUT2D eigenvalue weighted by molar-refractivity contribution is -0.135. The first-order valence-electron chi connectivity index (χ1n) is 6.83. The molecule has 1 aliphatic rings. The van der Waals surface area contributed by atoms with E-state index in [4.69, 9.17) is 5.73 Å². The predicted molar refractivity (Wildman–Crippen MR) is 76.6 cm³/mol. The second-order valence-corrected chi connectivity index (χ2v) is 5.45. The van der Waals surface area contributed by atoms with Gasteiger partial charge in [0.15, 0.2) is 0 Å². The molecular formula is C15H23N3O. The second-order valence-electron chi connectivity index (χ2n) is 5.45. The van der Waals surface area contributed by atoms with Crippen molar-refractivity contribution in [2.45, 2.75) is 12.5 Å². The monoisotopic (exact) mass is 261 g/mol. The highest BCUT2D eigenvalue weighted by atomic mass is 16.2. The minimum absolute atomic E-state index is 0.187. The number of nitrogens with zero attached hydrogens (tertiary/aromatic N) is 2. The quantitative estimate of drug-likeness (QED) is 0.883. The number of hydrogen-bond donors (Lipinski definition) is 1. The average Bonchev–Trinajstić information content (AvgIpc) is 2.88. The Labute approximate surface area is 115 Å². The number of hydrogen-bond acceptors (Lipinski definition) is 3. The van der Waals surface area contributed by atoms with Crippen LogP contribution < -0.4 is 5.73 Å². The van der Waals surface area contributed by atoms with Gasteiger partial charge in [0.2, 0.25) is 5.91 Å². The highest BCUT2D eigenvalue weighted by molar-refractivity contribution is 5.83. The summed E-state index contributed by atoms with van der Waals surface area (Å²) in [6, 6.07) is 9.76. The zero-order chi connectivity index (χ0) is 13.8. The van der Waals surface area contributed by atoms with Gasteiger partial charge in [-0.15, -0.1) is 0 Å². The molecule has 1 aliphatic heterocycles. The number of likely N-dealkylation sites (N-methyl/N-ethyl adjacent to an activating group) is 1. The van der Waals surface area contributed by atoms with Crippen LogP contribution in [0.2, 0.25) is 0 Å². The van der Waals surface area contributed by atoms with Crippen LogP contribution in [0.3, 0.4) is 0 Å². The molecule has 0 aliphatic carbocycles. The van der Waals surface area contributed by atoms with Crippen LogP contribution in [0.25, 0.3) is 0 Å². The molecule has 1 fully saturated rings. The van der Waals surface area contributed by atoms with Crippen LogP contribution in [-0.4, -0.2) is 49.4 Å². The van der Waals surface area contributed by atoms with Crippen molar-refractivity contribution in [1.29, 1.82) is 0 Å². The highest BCUT2D eigenvalue weighted by Crippen LogP contribution is 2.24. The first kappa shape index (κ1) is 14.0. The van der Waals surface area contributed by atoms with Crippen molar-refractivity contribution in [3.8, 4) is 0 Å². The predicted octanol–water partition coefficient (Wildman–Crippen LogP) is 1.10. The molecule has 2 N–H and O–H groups in total. The summed E-state index contributed by atoms with van der Waals surface area (Å²) in [5.41, 5.74) is 6.74. The number of benzene rings is 1. The molecule has 0 bridgehead atoms. The van der Waals surface area contributed by atoms with Crippen LogP contribution in [0, 0.1) is 5.92 Å². The Hall–Kier alpha value is -1.39. The molecule has 2 atom stereocenters. The Morgan fingerprint density at radius 3 is 2.63 bits per heavy atom. The summed E-state index contributed by atoms with van der Waals surface area (Å²) in [6.45, 7) is 2.30. The summed E-state index contributed by atoms with van der Waals surface area (Å²) in [7, 11) is 3.90. The molecule has 19 heavy (non-hydrogen) atoms. The third-order valence-electron chi connectivity index (χ3n) is 3.80. The average molecular weight is 261 g/mol. The maximum absolute atomic E-state index is 12.7. The maximum Gasteiger partial charge on any atom is 0.244 e. The number of carbonyl (C=O) groups excluding carboxylic acids is 1. The summed E-state index contributed by atoms with van der Waals surface area (Å²) in [5, 5.41) is 0. The third-order valence-corrected chi connectivity index (χ3v) is 3.80. The summed E-state index contributed by atoms with van der Waals surface area (Å²) in [6.07, 6.45) is 1.02. The van der Waals surface area contributed by atoms with E-state index < -0.39 is 0 Å². The number of nitrogens with two attached hydrogens (primary N) is 1. The Bertz CT molecular complexity index is 419. The molecule has 1 saturated heterocycles. The van der Waals surface area contributed by atoms with Gasteiger partial charge in [-0.05, 0) is 38.5 Å². The lowest BCUT2D eigenvalue weighted by Gasteiger charge is -2.28. The largest absolute Gasteiger partial charge is 0.341 e. The van der Waals surface area contributed by atoms with E-state index in [1.54, 1.807) is 0 Å². The minimum atomic E-state index is -0.197. The van der Waals surface area contributed by atoms with E-state index in [2.05, 4.69) is 0 Å². The molecule has 0 spiro atoms. The topological polar surface area (TPSA) is 49.6 Å². The lowest BCUT2D eigenvalue weighted by Crippen LogP contribution is -2.39. The lowest BCUT2D eigenvalue weighted by atomic mass is 10.0. The van der Waals surface area contributed by atoms with Crippen molar-refractivity contribution in [1.82, 2.24) is 9.80 Å². The SMILES string of the molecule is CN(C)C(C(=O)N1CCC(CN)C1)c1ccccc1. The zero-order valence-electron chi connectivity index (χ0n) is 11.7. The molecule has 1 aromatic carbocycles. The first-order chi connectivity index (χ1) is 9.13. The molecule has 4 nitrogen and oxygen atoms in total. The smallest absolute Gasteiger partial charge is 0.244 e. The zero-order valence-corrected chi connectivity index (χ0v) is 11.7. The van der Waals surface area contributed by atoms with E-state index in [9.17, 15) is 4.79 Å². The first-order valence-corrected chi connectivity index (χ1v) is 6.83. The molecule has 2 unspecified atom stereocenters. The van der Waals surface area contributed by atoms with Crippen molar-refractivity contribution in [2.24, 2.45) is 11.7 Å². The van der Waals surface area contributed by atoms with E-state index in [1.807, 2.05) is 54.2 Å². The minimum Gasteiger partial charge on any atom is -0.341 e. The number of carbonyl (C=O) groups is 1. The summed E-state index contributed by atoms with van der Waals surface area (Å²) in [5.74, 6) is 0.648. The molecule has 1 aromatic rings. The Balaban J connectivity index is 2.14. The van der Waals surface area contributed by atoms with Crippen LogP contribution in [0.15, 0.2) is 30.3 Å². The molecule has 1 heterocycles. The van der Waals surface area contributed by atoms with E-state index in [0.717, 1.165) is 25.1 Å². The van der Waals surface area contributed by atoms with Crippen LogP contribution in [-0.2, 0) is 4.79 Å². The van der Waals surface area contributed by atoms with Crippen LogP contribution in [0.1, 0.15) is 18.0 Å². The van der Waals surface area contributed by atoms with E-state index >= 15 is 0 Å². The van der Waals surface area contributed by atoms with Crippen LogP contribution in [0.5, 0.6) is 0 Å². The van der Waals surface area contributed by atoms with Gasteiger partial charge < -0.3 is 10.6 Å². The summed E-state index contributed by atoms with van der Waals surface area (Å²) >= 11 is 0. The highest BCUT2D eigenvalue weighted by Gasteiger charge is 2.32. The fraction of sp³-hybridized carbons (Fsp3) is 0.533. The maximum atomic E-state index is 12.7. The molecule has 0 aromatic heterocycles. The Morgan fingerprint density at radius 1 is 1.42 bits per heavy atom. The van der Waals surface area contributed by atoms with Crippen molar-refractivity contribution >= 4 is 5.91 Å². The van der Waals surface area contributed by atoms with Crippen molar-refractivity contribution in [3.05, 3.63) is 35.9 Å². The molecule has 0 radical (unpaired) electrons. The van der Waals surface area contributed by atoms with Crippen LogP contribution in [0.4, 0.5) is 0 Å². The molecule has 0 saturated carbocycles. The standard InChI is InChI=1S/C15H23N3O/c1-17(2)14(13-6-4-3-5-7-13)15(19)18-9-8-12(10-16)11-18/h3-7,12,14H,8-11,16H2,1-2H3. The van der Waals surface area contributed by atoms with E-state index in [0.29, 0.717) is 12.5 Å². The number of amides is 1. The third kappa shape index (κ3) is 3.14. The summed E-state index contributed by atoms with van der Waals surface area (Å²) < 4.78 is 0. The second kappa shape index (κ2) is 6.17. The molecule has 2 rings (SSSR count). The van der Waals surface area contributed by atoms with Gasteiger partial charge in [0.05, 0.1) is 0 Å². The number of likely N-dealkylation sites (tertiary alicyclic amines) is 1. The fourth-order valence-corrected chi connectivity index (χ4v) is 2.70. The van der Waals surface area contributed by atoms with Gasteiger partial charge in [-0.1, -0.05) is 30.3 Å². The fourth-order valence-electron chi connectivity index (χ4n) is 2.70. The van der Waals surface area contributed by atoms with Crippen molar-refractivity contribution < 1.29 is 4.79 Å². The van der Waals surface area contributed by atoms with Crippen LogP contribution >= 0.6 is 0 Å². The number of rotatable bonds is 4. The van der Waals surface area contributed by atoms with Crippen molar-refractivity contribution in [3.63, 3.8) is 0 Å². The Kier molecular flexibility index (Phi) is 4.56. The normalized spacial score (nSPS) is 20.8. The molecule has 104 valence electrons. The van der Waals surface area contributed by atoms with E-state index in [-0.39, 0.29) is 11.9 Å². The van der Waals surface area contributed by atoms with Gasteiger partial charge in [-0.25, -0.2) is 0 Å². The van der Waals surface area contributed by atoms with Gasteiger partial charge in [0, 0.05) is 13.1 Å². The summed E-state index contributed by atoms with van der Waals surface area (Å²) in [4.78, 5) is 16.6. The molecule has 4 heteroatoms. The van der Waals surface area contributed by atoms with Gasteiger partial charge >= 0.3 is 0 Å². The van der Waals surface area contributed by atoms with Gasteiger partial charge in [-0.2, -0.15) is 0 Å². The van der Waals surface area contributed by atoms with Crippen molar-refractivity contribution in [2.75, 3.05) is 33.7 Å². The Morgan fingerprint density at radius 2 is 2.11 bits per heavy atom. The molecular weight excluding hydrogens is 238 g/mol. The van der Waals surface area contributed by atoms with Gasteiger partial charge in [0.25, 0.3) is 0 Å². The molecule has 1 amide bonds.